The lowest BCUT2D eigenvalue weighted by molar-refractivity contribution is 0.0535. The molecule has 3 rings (SSSR count). The summed E-state index contributed by atoms with van der Waals surface area (Å²) >= 11 is 1.60. The molecule has 6 heteroatoms. The van der Waals surface area contributed by atoms with Gasteiger partial charge in [-0.3, -0.25) is 0 Å². The van der Waals surface area contributed by atoms with Gasteiger partial charge in [0.25, 0.3) is 0 Å². The van der Waals surface area contributed by atoms with Crippen molar-refractivity contribution in [3.05, 3.63) is 16.1 Å². The Morgan fingerprint density at radius 3 is 2.70 bits per heavy atom. The van der Waals surface area contributed by atoms with Gasteiger partial charge in [-0.1, -0.05) is 0 Å². The fourth-order valence-electron chi connectivity index (χ4n) is 3.39. The van der Waals surface area contributed by atoms with Crippen LogP contribution in [0.25, 0.3) is 0 Å². The molecule has 0 radical (unpaired) electrons. The van der Waals surface area contributed by atoms with Crippen LogP contribution in [0.1, 0.15) is 49.4 Å². The molecule has 2 bridgehead atoms. The molecule has 2 saturated heterocycles. The molecule has 2 aliphatic heterocycles. The molecule has 20 heavy (non-hydrogen) atoms. The Bertz CT molecular complexity index is 490. The molecule has 0 aliphatic carbocycles. The number of urea groups is 1. The second-order valence-electron chi connectivity index (χ2n) is 5.88. The zero-order valence-electron chi connectivity index (χ0n) is 11.9. The molecule has 2 aliphatic rings. The highest BCUT2D eigenvalue weighted by molar-refractivity contribution is 7.09. The Hall–Kier alpha value is -1.14. The number of aliphatic hydroxyl groups excluding tert-OH is 1. The molecule has 0 saturated carbocycles. The third-order valence-electron chi connectivity index (χ3n) is 4.36. The summed E-state index contributed by atoms with van der Waals surface area (Å²) in [5, 5.41) is 15.8. The molecule has 5 nitrogen and oxygen atoms in total. The number of fused-ring (bicyclic) bond motifs is 2. The summed E-state index contributed by atoms with van der Waals surface area (Å²) in [4.78, 5) is 18.8. The summed E-state index contributed by atoms with van der Waals surface area (Å²) in [7, 11) is 0. The summed E-state index contributed by atoms with van der Waals surface area (Å²) in [6.07, 6.45) is 3.22. The monoisotopic (exact) mass is 295 g/mol. The lowest BCUT2D eigenvalue weighted by Crippen LogP contribution is -2.52. The Labute approximate surface area is 123 Å². The maximum Gasteiger partial charge on any atom is 0.318 e. The van der Waals surface area contributed by atoms with Gasteiger partial charge < -0.3 is 15.3 Å². The average Bonchev–Trinajstić information content (AvgIpc) is 2.92. The molecule has 0 aromatic carbocycles. The van der Waals surface area contributed by atoms with Crippen molar-refractivity contribution in [1.82, 2.24) is 15.2 Å². The number of rotatable bonds is 2. The number of nitrogens with zero attached hydrogens (tertiary/aromatic N) is 2. The van der Waals surface area contributed by atoms with Crippen LogP contribution in [-0.4, -0.2) is 39.2 Å². The number of amides is 2. The minimum Gasteiger partial charge on any atom is -0.393 e. The number of aromatic nitrogens is 1. The lowest BCUT2D eigenvalue weighted by Gasteiger charge is -2.37. The topological polar surface area (TPSA) is 65.5 Å². The third-order valence-corrected chi connectivity index (χ3v) is 5.15. The average molecular weight is 295 g/mol. The summed E-state index contributed by atoms with van der Waals surface area (Å²) in [5.74, 6) is 0. The van der Waals surface area contributed by atoms with Crippen molar-refractivity contribution in [1.29, 1.82) is 0 Å². The molecule has 1 aromatic heterocycles. The zero-order chi connectivity index (χ0) is 14.3. The zero-order valence-corrected chi connectivity index (χ0v) is 12.7. The Kier molecular flexibility index (Phi) is 3.69. The first-order valence-corrected chi connectivity index (χ1v) is 8.11. The maximum atomic E-state index is 12.5. The van der Waals surface area contributed by atoms with Gasteiger partial charge in [0.15, 0.2) is 0 Å². The number of aliphatic hydroxyl groups is 1. The fourth-order valence-corrected chi connectivity index (χ4v) is 4.10. The van der Waals surface area contributed by atoms with Crippen molar-refractivity contribution in [3.8, 4) is 0 Å². The third kappa shape index (κ3) is 2.54. The first kappa shape index (κ1) is 13.8. The van der Waals surface area contributed by atoms with Crippen molar-refractivity contribution >= 4 is 17.4 Å². The van der Waals surface area contributed by atoms with E-state index < -0.39 is 0 Å². The second kappa shape index (κ2) is 5.33. The van der Waals surface area contributed by atoms with Crippen molar-refractivity contribution in [2.45, 2.75) is 63.8 Å². The number of hydrogen-bond acceptors (Lipinski definition) is 4. The number of thiazole rings is 1. The minimum atomic E-state index is -0.241. The van der Waals surface area contributed by atoms with Crippen LogP contribution in [0.2, 0.25) is 0 Å². The van der Waals surface area contributed by atoms with Crippen LogP contribution in [0.5, 0.6) is 0 Å². The largest absolute Gasteiger partial charge is 0.393 e. The summed E-state index contributed by atoms with van der Waals surface area (Å²) < 4.78 is 0. The Balaban J connectivity index is 1.65. The van der Waals surface area contributed by atoms with Crippen LogP contribution in [0.4, 0.5) is 4.79 Å². The van der Waals surface area contributed by atoms with Crippen LogP contribution >= 0.6 is 11.3 Å². The van der Waals surface area contributed by atoms with Gasteiger partial charge in [-0.2, -0.15) is 0 Å². The number of hydrogen-bond donors (Lipinski definition) is 2. The molecule has 2 N–H and O–H groups in total. The fraction of sp³-hybridized carbons (Fsp3) is 0.714. The summed E-state index contributed by atoms with van der Waals surface area (Å²) in [6, 6.07) is 0.322. The van der Waals surface area contributed by atoms with Gasteiger partial charge in [-0.25, -0.2) is 9.78 Å². The molecule has 3 unspecified atom stereocenters. The highest BCUT2D eigenvalue weighted by atomic mass is 32.1. The molecule has 2 amide bonds. The number of piperidine rings is 1. The van der Waals surface area contributed by atoms with E-state index in [1.165, 1.54) is 0 Å². The first-order chi connectivity index (χ1) is 9.54. The highest BCUT2D eigenvalue weighted by Crippen LogP contribution is 2.35. The normalized spacial score (nSPS) is 30.4. The first-order valence-electron chi connectivity index (χ1n) is 7.23. The van der Waals surface area contributed by atoms with E-state index in [1.807, 2.05) is 24.1 Å². The van der Waals surface area contributed by atoms with Crippen molar-refractivity contribution in [3.63, 3.8) is 0 Å². The van der Waals surface area contributed by atoms with Gasteiger partial charge in [0.2, 0.25) is 0 Å². The second-order valence-corrected chi connectivity index (χ2v) is 6.94. The number of carbonyl (C=O) groups is 1. The van der Waals surface area contributed by atoms with Crippen molar-refractivity contribution in [2.75, 3.05) is 0 Å². The van der Waals surface area contributed by atoms with Gasteiger partial charge >= 0.3 is 6.03 Å². The van der Waals surface area contributed by atoms with E-state index in [2.05, 4.69) is 10.3 Å². The summed E-state index contributed by atoms with van der Waals surface area (Å²) in [6.45, 7) is 3.93. The predicted molar refractivity (Wildman–Crippen MR) is 77.7 cm³/mol. The maximum absolute atomic E-state index is 12.5. The lowest BCUT2D eigenvalue weighted by atomic mass is 10.0. The van der Waals surface area contributed by atoms with E-state index in [-0.39, 0.29) is 30.3 Å². The van der Waals surface area contributed by atoms with Gasteiger partial charge in [0.1, 0.15) is 0 Å². The van der Waals surface area contributed by atoms with Crippen LogP contribution in [0, 0.1) is 6.92 Å². The van der Waals surface area contributed by atoms with E-state index in [1.54, 1.807) is 11.3 Å². The highest BCUT2D eigenvalue weighted by Gasteiger charge is 2.43. The van der Waals surface area contributed by atoms with Crippen molar-refractivity contribution in [2.24, 2.45) is 0 Å². The number of nitrogens with one attached hydrogen (secondary N) is 1. The van der Waals surface area contributed by atoms with Gasteiger partial charge in [-0.05, 0) is 39.5 Å². The SMILES string of the molecule is Cc1nc(C(C)NC(=O)N2C3CCC2CC(O)C3)cs1. The van der Waals surface area contributed by atoms with Crippen LogP contribution in [0.3, 0.4) is 0 Å². The molecule has 2 fully saturated rings. The van der Waals surface area contributed by atoms with E-state index in [4.69, 9.17) is 0 Å². The van der Waals surface area contributed by atoms with Gasteiger partial charge in [-0.15, -0.1) is 11.3 Å². The van der Waals surface area contributed by atoms with E-state index >= 15 is 0 Å². The Morgan fingerprint density at radius 2 is 2.15 bits per heavy atom. The Morgan fingerprint density at radius 1 is 1.50 bits per heavy atom. The van der Waals surface area contributed by atoms with E-state index in [0.29, 0.717) is 12.8 Å². The van der Waals surface area contributed by atoms with Crippen LogP contribution < -0.4 is 5.32 Å². The molecule has 110 valence electrons. The van der Waals surface area contributed by atoms with Crippen LogP contribution in [-0.2, 0) is 0 Å². The number of aryl methyl sites for hydroxylation is 1. The molecule has 3 heterocycles. The summed E-state index contributed by atoms with van der Waals surface area (Å²) in [5.41, 5.74) is 0.922. The predicted octanol–water partition coefficient (Wildman–Crippen LogP) is 2.21. The minimum absolute atomic E-state index is 0.0115. The molecule has 1 aromatic rings. The molecule has 3 atom stereocenters. The van der Waals surface area contributed by atoms with Gasteiger partial charge in [0.05, 0.1) is 22.8 Å². The number of carbonyl (C=O) groups excluding carboxylic acids is 1. The smallest absolute Gasteiger partial charge is 0.318 e. The van der Waals surface area contributed by atoms with E-state index in [9.17, 15) is 9.90 Å². The van der Waals surface area contributed by atoms with Crippen molar-refractivity contribution < 1.29 is 9.90 Å². The molecule has 0 spiro atoms. The van der Waals surface area contributed by atoms with Crippen LogP contribution in [0.15, 0.2) is 5.38 Å². The van der Waals surface area contributed by atoms with E-state index in [0.717, 1.165) is 23.5 Å². The standard InChI is InChI=1S/C14H21N3O2S/c1-8(13-7-20-9(2)16-13)15-14(19)17-10-3-4-11(17)6-12(18)5-10/h7-8,10-12,18H,3-6H2,1-2H3,(H,15,19). The quantitative estimate of drug-likeness (QED) is 0.879. The molecular formula is C14H21N3O2S. The molecular weight excluding hydrogens is 274 g/mol. The van der Waals surface area contributed by atoms with Gasteiger partial charge in [0, 0.05) is 17.5 Å².